The molecule has 0 spiro atoms. The van der Waals surface area contributed by atoms with Gasteiger partial charge in [-0.2, -0.15) is 0 Å². The molecule has 1 amide bonds. The third-order valence-corrected chi connectivity index (χ3v) is 3.83. The molecule has 2 atom stereocenters. The SMILES string of the molecule is CCNC1COCC1C(=O)N(Cc1ccccn1)C(C)C. The number of rotatable bonds is 6. The molecule has 1 aromatic rings. The molecule has 2 rings (SSSR count). The Morgan fingerprint density at radius 2 is 2.29 bits per heavy atom. The van der Waals surface area contributed by atoms with Crippen LogP contribution in [0.5, 0.6) is 0 Å². The Balaban J connectivity index is 2.08. The van der Waals surface area contributed by atoms with Crippen molar-refractivity contribution in [1.82, 2.24) is 15.2 Å². The minimum Gasteiger partial charge on any atom is -0.379 e. The average molecular weight is 291 g/mol. The molecule has 1 aromatic heterocycles. The maximum absolute atomic E-state index is 12.9. The number of hydrogen-bond acceptors (Lipinski definition) is 4. The Morgan fingerprint density at radius 3 is 2.90 bits per heavy atom. The Hall–Kier alpha value is -1.46. The van der Waals surface area contributed by atoms with Crippen molar-refractivity contribution in [3.63, 3.8) is 0 Å². The summed E-state index contributed by atoms with van der Waals surface area (Å²) in [6.07, 6.45) is 1.76. The van der Waals surface area contributed by atoms with Gasteiger partial charge in [0.15, 0.2) is 0 Å². The van der Waals surface area contributed by atoms with Gasteiger partial charge in [-0.15, -0.1) is 0 Å². The standard InChI is InChI=1S/C16H25N3O2/c1-4-17-15-11-21-10-14(15)16(20)19(12(2)3)9-13-7-5-6-8-18-13/h5-8,12,14-15,17H,4,9-11H2,1-3H3. The van der Waals surface area contributed by atoms with Gasteiger partial charge in [0.2, 0.25) is 5.91 Å². The first-order valence-electron chi connectivity index (χ1n) is 7.65. The van der Waals surface area contributed by atoms with Crippen molar-refractivity contribution in [2.24, 2.45) is 5.92 Å². The van der Waals surface area contributed by atoms with Crippen molar-refractivity contribution in [3.05, 3.63) is 30.1 Å². The van der Waals surface area contributed by atoms with Crippen molar-refractivity contribution in [2.45, 2.75) is 39.4 Å². The van der Waals surface area contributed by atoms with E-state index in [9.17, 15) is 4.79 Å². The van der Waals surface area contributed by atoms with Crippen molar-refractivity contribution in [2.75, 3.05) is 19.8 Å². The molecule has 1 aliphatic heterocycles. The molecular weight excluding hydrogens is 266 g/mol. The molecule has 0 aliphatic carbocycles. The first-order valence-corrected chi connectivity index (χ1v) is 7.65. The van der Waals surface area contributed by atoms with Crippen LogP contribution in [0.4, 0.5) is 0 Å². The van der Waals surface area contributed by atoms with Crippen LogP contribution in [0, 0.1) is 5.92 Å². The third-order valence-electron chi connectivity index (χ3n) is 3.83. The average Bonchev–Trinajstić information content (AvgIpc) is 2.93. The van der Waals surface area contributed by atoms with Crippen LogP contribution < -0.4 is 5.32 Å². The second-order valence-corrected chi connectivity index (χ2v) is 5.69. The summed E-state index contributed by atoms with van der Waals surface area (Å²) >= 11 is 0. The number of likely N-dealkylation sites (N-methyl/N-ethyl adjacent to an activating group) is 1. The fourth-order valence-corrected chi connectivity index (χ4v) is 2.66. The van der Waals surface area contributed by atoms with Gasteiger partial charge in [0, 0.05) is 18.3 Å². The number of nitrogens with zero attached hydrogens (tertiary/aromatic N) is 2. The van der Waals surface area contributed by atoms with Crippen molar-refractivity contribution >= 4 is 5.91 Å². The van der Waals surface area contributed by atoms with E-state index >= 15 is 0 Å². The first kappa shape index (κ1) is 15.9. The summed E-state index contributed by atoms with van der Waals surface area (Å²) in [4.78, 5) is 19.1. The summed E-state index contributed by atoms with van der Waals surface area (Å²) in [7, 11) is 0. The van der Waals surface area contributed by atoms with Crippen LogP contribution in [0.15, 0.2) is 24.4 Å². The van der Waals surface area contributed by atoms with E-state index in [1.807, 2.05) is 43.9 Å². The van der Waals surface area contributed by atoms with Crippen LogP contribution in [0.3, 0.4) is 0 Å². The van der Waals surface area contributed by atoms with E-state index in [0.717, 1.165) is 12.2 Å². The number of hydrogen-bond donors (Lipinski definition) is 1. The number of carbonyl (C=O) groups is 1. The highest BCUT2D eigenvalue weighted by atomic mass is 16.5. The van der Waals surface area contributed by atoms with Crippen LogP contribution in [-0.2, 0) is 16.1 Å². The Kier molecular flexibility index (Phi) is 5.70. The predicted molar refractivity (Wildman–Crippen MR) is 81.7 cm³/mol. The number of amides is 1. The normalized spacial score (nSPS) is 21.7. The molecule has 1 saturated heterocycles. The number of ether oxygens (including phenoxy) is 1. The van der Waals surface area contributed by atoms with Gasteiger partial charge in [-0.05, 0) is 32.5 Å². The van der Waals surface area contributed by atoms with E-state index in [4.69, 9.17) is 4.74 Å². The zero-order valence-electron chi connectivity index (χ0n) is 13.1. The lowest BCUT2D eigenvalue weighted by atomic mass is 10.0. The predicted octanol–water partition coefficient (Wildman–Crippen LogP) is 1.44. The smallest absolute Gasteiger partial charge is 0.230 e. The van der Waals surface area contributed by atoms with Crippen molar-refractivity contribution in [1.29, 1.82) is 0 Å². The van der Waals surface area contributed by atoms with Gasteiger partial charge in [-0.25, -0.2) is 0 Å². The molecule has 116 valence electrons. The molecule has 0 aromatic carbocycles. The van der Waals surface area contributed by atoms with Crippen LogP contribution in [0.25, 0.3) is 0 Å². The summed E-state index contributed by atoms with van der Waals surface area (Å²) < 4.78 is 5.50. The zero-order chi connectivity index (χ0) is 15.2. The molecule has 0 radical (unpaired) electrons. The second-order valence-electron chi connectivity index (χ2n) is 5.69. The maximum atomic E-state index is 12.9. The van der Waals surface area contributed by atoms with Crippen LogP contribution >= 0.6 is 0 Å². The highest BCUT2D eigenvalue weighted by Gasteiger charge is 2.36. The minimum absolute atomic E-state index is 0.101. The van der Waals surface area contributed by atoms with Gasteiger partial charge in [-0.3, -0.25) is 9.78 Å². The van der Waals surface area contributed by atoms with Gasteiger partial charge < -0.3 is 15.0 Å². The Morgan fingerprint density at radius 1 is 1.48 bits per heavy atom. The molecular formula is C16H25N3O2. The Bertz CT molecular complexity index is 450. The lowest BCUT2D eigenvalue weighted by Crippen LogP contribution is -2.47. The lowest BCUT2D eigenvalue weighted by molar-refractivity contribution is -0.138. The van der Waals surface area contributed by atoms with E-state index in [0.29, 0.717) is 19.8 Å². The van der Waals surface area contributed by atoms with E-state index in [1.165, 1.54) is 0 Å². The number of carbonyl (C=O) groups excluding carboxylic acids is 1. The zero-order valence-corrected chi connectivity index (χ0v) is 13.1. The van der Waals surface area contributed by atoms with Gasteiger partial charge in [0.1, 0.15) is 0 Å². The Labute approximate surface area is 126 Å². The third kappa shape index (κ3) is 4.02. The van der Waals surface area contributed by atoms with E-state index in [-0.39, 0.29) is 23.9 Å². The summed E-state index contributed by atoms with van der Waals surface area (Å²) in [5, 5.41) is 3.34. The van der Waals surface area contributed by atoms with Crippen molar-refractivity contribution in [3.8, 4) is 0 Å². The molecule has 0 saturated carbocycles. The molecule has 2 unspecified atom stereocenters. The second kappa shape index (κ2) is 7.52. The number of nitrogens with one attached hydrogen (secondary N) is 1. The summed E-state index contributed by atoms with van der Waals surface area (Å²) in [6.45, 7) is 8.64. The molecule has 5 heteroatoms. The molecule has 1 fully saturated rings. The fraction of sp³-hybridized carbons (Fsp3) is 0.625. The quantitative estimate of drug-likeness (QED) is 0.862. The van der Waals surface area contributed by atoms with Crippen LogP contribution in [0.1, 0.15) is 26.5 Å². The van der Waals surface area contributed by atoms with Gasteiger partial charge >= 0.3 is 0 Å². The molecule has 0 bridgehead atoms. The summed E-state index contributed by atoms with van der Waals surface area (Å²) in [5.41, 5.74) is 0.915. The fourth-order valence-electron chi connectivity index (χ4n) is 2.66. The number of pyridine rings is 1. The highest BCUT2D eigenvalue weighted by molar-refractivity contribution is 5.80. The molecule has 1 N–H and O–H groups in total. The van der Waals surface area contributed by atoms with Crippen LogP contribution in [-0.4, -0.2) is 47.6 Å². The first-order chi connectivity index (χ1) is 10.1. The summed E-state index contributed by atoms with van der Waals surface area (Å²) in [6, 6.07) is 6.05. The molecule has 2 heterocycles. The number of aromatic nitrogens is 1. The molecule has 21 heavy (non-hydrogen) atoms. The van der Waals surface area contributed by atoms with E-state index < -0.39 is 0 Å². The monoisotopic (exact) mass is 291 g/mol. The lowest BCUT2D eigenvalue weighted by Gasteiger charge is -2.30. The highest BCUT2D eigenvalue weighted by Crippen LogP contribution is 2.19. The minimum atomic E-state index is -0.101. The maximum Gasteiger partial charge on any atom is 0.230 e. The molecule has 5 nitrogen and oxygen atoms in total. The largest absolute Gasteiger partial charge is 0.379 e. The van der Waals surface area contributed by atoms with Crippen molar-refractivity contribution < 1.29 is 9.53 Å². The van der Waals surface area contributed by atoms with Gasteiger partial charge in [0.05, 0.1) is 31.4 Å². The van der Waals surface area contributed by atoms with E-state index in [1.54, 1.807) is 6.20 Å². The topological polar surface area (TPSA) is 54.5 Å². The van der Waals surface area contributed by atoms with Gasteiger partial charge in [-0.1, -0.05) is 13.0 Å². The van der Waals surface area contributed by atoms with Gasteiger partial charge in [0.25, 0.3) is 0 Å². The molecule has 1 aliphatic rings. The summed E-state index contributed by atoms with van der Waals surface area (Å²) in [5.74, 6) is 0.0511. The van der Waals surface area contributed by atoms with E-state index in [2.05, 4.69) is 10.3 Å². The van der Waals surface area contributed by atoms with Crippen LogP contribution in [0.2, 0.25) is 0 Å².